The molecule has 2 aromatic carbocycles. The molecule has 27 heavy (non-hydrogen) atoms. The van der Waals surface area contributed by atoms with Crippen LogP contribution < -0.4 is 4.74 Å². The van der Waals surface area contributed by atoms with Crippen LogP contribution in [0.2, 0.25) is 0 Å². The standard InChI is InChI=1S/C24H24N2O/c1-3-18-13-19-9-10-21(14-22(19)26-23(18)27-2)24(16-25,20-11-12-20)15-17-7-5-4-6-8-17/h4-10,13-14,20H,3,11-12,15H2,1-2H3. The molecule has 0 saturated heterocycles. The van der Waals surface area contributed by atoms with Gasteiger partial charge in [-0.15, -0.1) is 0 Å². The van der Waals surface area contributed by atoms with Crippen molar-refractivity contribution in [3.8, 4) is 11.9 Å². The Morgan fingerprint density at radius 3 is 2.56 bits per heavy atom. The Balaban J connectivity index is 1.82. The molecule has 3 aromatic rings. The lowest BCUT2D eigenvalue weighted by atomic mass is 9.72. The minimum atomic E-state index is -0.492. The van der Waals surface area contributed by atoms with E-state index in [9.17, 15) is 5.26 Å². The number of aromatic nitrogens is 1. The van der Waals surface area contributed by atoms with Crippen molar-refractivity contribution in [1.82, 2.24) is 4.98 Å². The van der Waals surface area contributed by atoms with E-state index in [-0.39, 0.29) is 0 Å². The molecule has 1 atom stereocenters. The van der Waals surface area contributed by atoms with E-state index in [1.54, 1.807) is 7.11 Å². The summed E-state index contributed by atoms with van der Waals surface area (Å²) in [4.78, 5) is 4.73. The zero-order valence-electron chi connectivity index (χ0n) is 15.9. The van der Waals surface area contributed by atoms with E-state index in [1.807, 2.05) is 18.2 Å². The average Bonchev–Trinajstić information content (AvgIpc) is 3.57. The summed E-state index contributed by atoms with van der Waals surface area (Å²) >= 11 is 0. The number of hydrogen-bond acceptors (Lipinski definition) is 3. The van der Waals surface area contributed by atoms with Gasteiger partial charge in [0.25, 0.3) is 0 Å². The van der Waals surface area contributed by atoms with Crippen LogP contribution in [0.5, 0.6) is 5.88 Å². The summed E-state index contributed by atoms with van der Waals surface area (Å²) in [5.41, 5.74) is 3.79. The van der Waals surface area contributed by atoms with Gasteiger partial charge < -0.3 is 4.74 Å². The van der Waals surface area contributed by atoms with Crippen LogP contribution in [-0.4, -0.2) is 12.1 Å². The highest BCUT2D eigenvalue weighted by atomic mass is 16.5. The molecule has 0 radical (unpaired) electrons. The van der Waals surface area contributed by atoms with Crippen molar-refractivity contribution >= 4 is 10.9 Å². The van der Waals surface area contributed by atoms with E-state index in [1.165, 1.54) is 5.56 Å². The molecule has 1 heterocycles. The van der Waals surface area contributed by atoms with E-state index in [2.05, 4.69) is 49.4 Å². The third-order valence-corrected chi connectivity index (χ3v) is 5.75. The number of methoxy groups -OCH3 is 1. The van der Waals surface area contributed by atoms with E-state index in [0.29, 0.717) is 11.8 Å². The van der Waals surface area contributed by atoms with Gasteiger partial charge in [-0.3, -0.25) is 0 Å². The summed E-state index contributed by atoms with van der Waals surface area (Å²) in [5, 5.41) is 11.4. The molecular formula is C24H24N2O. The SMILES string of the molecule is CCc1cc2ccc(C(C#N)(Cc3ccccc3)C3CC3)cc2nc1OC. The predicted molar refractivity (Wildman–Crippen MR) is 108 cm³/mol. The highest BCUT2D eigenvalue weighted by Gasteiger charge is 2.47. The summed E-state index contributed by atoms with van der Waals surface area (Å²) in [7, 11) is 1.66. The lowest BCUT2D eigenvalue weighted by Crippen LogP contribution is -2.29. The first-order chi connectivity index (χ1) is 13.2. The predicted octanol–water partition coefficient (Wildman–Crippen LogP) is 5.22. The fourth-order valence-electron chi connectivity index (χ4n) is 4.07. The first-order valence-corrected chi connectivity index (χ1v) is 9.63. The summed E-state index contributed by atoms with van der Waals surface area (Å²) in [6.45, 7) is 2.10. The Morgan fingerprint density at radius 2 is 1.93 bits per heavy atom. The molecule has 0 aliphatic heterocycles. The van der Waals surface area contributed by atoms with Crippen LogP contribution in [0, 0.1) is 17.2 Å². The van der Waals surface area contributed by atoms with Gasteiger partial charge in [-0.1, -0.05) is 49.4 Å². The van der Waals surface area contributed by atoms with E-state index in [4.69, 9.17) is 9.72 Å². The second kappa shape index (κ2) is 7.04. The third-order valence-electron chi connectivity index (χ3n) is 5.75. The molecule has 136 valence electrons. The highest BCUT2D eigenvalue weighted by molar-refractivity contribution is 5.81. The second-order valence-corrected chi connectivity index (χ2v) is 7.44. The zero-order chi connectivity index (χ0) is 18.9. The summed E-state index contributed by atoms with van der Waals surface area (Å²) in [5.74, 6) is 1.09. The van der Waals surface area contributed by atoms with Crippen molar-refractivity contribution in [1.29, 1.82) is 5.26 Å². The van der Waals surface area contributed by atoms with Gasteiger partial charge in [-0.25, -0.2) is 4.98 Å². The molecular weight excluding hydrogens is 332 g/mol. The second-order valence-electron chi connectivity index (χ2n) is 7.44. The lowest BCUT2D eigenvalue weighted by Gasteiger charge is -2.28. The van der Waals surface area contributed by atoms with Crippen LogP contribution in [-0.2, 0) is 18.3 Å². The molecule has 1 unspecified atom stereocenters. The summed E-state index contributed by atoms with van der Waals surface area (Å²) in [6, 6.07) is 21.5. The monoisotopic (exact) mass is 356 g/mol. The molecule has 3 heteroatoms. The van der Waals surface area contributed by atoms with Gasteiger partial charge in [-0.05, 0) is 54.9 Å². The highest BCUT2D eigenvalue weighted by Crippen LogP contribution is 2.49. The minimum absolute atomic E-state index is 0.414. The number of fused-ring (bicyclic) bond motifs is 1. The zero-order valence-corrected chi connectivity index (χ0v) is 15.9. The Bertz CT molecular complexity index is 1000. The average molecular weight is 356 g/mol. The molecule has 1 aliphatic carbocycles. The Morgan fingerprint density at radius 1 is 1.15 bits per heavy atom. The first-order valence-electron chi connectivity index (χ1n) is 9.63. The molecule has 1 aromatic heterocycles. The van der Waals surface area contributed by atoms with Crippen molar-refractivity contribution in [2.75, 3.05) is 7.11 Å². The summed E-state index contributed by atoms with van der Waals surface area (Å²) in [6.07, 6.45) is 3.85. The van der Waals surface area contributed by atoms with Gasteiger partial charge in [0.1, 0.15) is 0 Å². The maximum Gasteiger partial charge on any atom is 0.216 e. The lowest BCUT2D eigenvalue weighted by molar-refractivity contribution is 0.394. The Labute approximate surface area is 160 Å². The van der Waals surface area contributed by atoms with Crippen LogP contribution in [0.4, 0.5) is 0 Å². The van der Waals surface area contributed by atoms with Crippen LogP contribution in [0.1, 0.15) is 36.5 Å². The number of aryl methyl sites for hydroxylation is 1. The number of nitrogens with zero attached hydrogens (tertiary/aromatic N) is 2. The smallest absolute Gasteiger partial charge is 0.216 e. The number of hydrogen-bond donors (Lipinski definition) is 0. The van der Waals surface area contributed by atoms with Gasteiger partial charge in [0, 0.05) is 10.9 Å². The fraction of sp³-hybridized carbons (Fsp3) is 0.333. The van der Waals surface area contributed by atoms with Gasteiger partial charge in [0.05, 0.1) is 24.1 Å². The molecule has 0 N–H and O–H groups in total. The van der Waals surface area contributed by atoms with Crippen molar-refractivity contribution < 1.29 is 4.74 Å². The largest absolute Gasteiger partial charge is 0.481 e. The van der Waals surface area contributed by atoms with Gasteiger partial charge in [-0.2, -0.15) is 5.26 Å². The number of ether oxygens (including phenoxy) is 1. The molecule has 0 amide bonds. The van der Waals surface area contributed by atoms with E-state index >= 15 is 0 Å². The minimum Gasteiger partial charge on any atom is -0.481 e. The van der Waals surface area contributed by atoms with Crippen LogP contribution in [0.3, 0.4) is 0 Å². The summed E-state index contributed by atoms with van der Waals surface area (Å²) < 4.78 is 5.48. The molecule has 1 aliphatic rings. The fourth-order valence-corrected chi connectivity index (χ4v) is 4.07. The normalized spacial score (nSPS) is 15.9. The number of benzene rings is 2. The number of pyridine rings is 1. The van der Waals surface area contributed by atoms with Crippen molar-refractivity contribution in [3.05, 3.63) is 71.3 Å². The van der Waals surface area contributed by atoms with Crippen LogP contribution in [0.25, 0.3) is 10.9 Å². The van der Waals surface area contributed by atoms with Crippen molar-refractivity contribution in [3.63, 3.8) is 0 Å². The third kappa shape index (κ3) is 3.17. The topological polar surface area (TPSA) is 45.9 Å². The molecule has 1 fully saturated rings. The molecule has 0 bridgehead atoms. The maximum atomic E-state index is 10.3. The van der Waals surface area contributed by atoms with Gasteiger partial charge in [0.2, 0.25) is 5.88 Å². The molecule has 4 rings (SSSR count). The van der Waals surface area contributed by atoms with E-state index in [0.717, 1.165) is 47.7 Å². The molecule has 3 nitrogen and oxygen atoms in total. The maximum absolute atomic E-state index is 10.3. The first kappa shape index (κ1) is 17.5. The Kier molecular flexibility index (Phi) is 4.58. The molecule has 0 spiro atoms. The number of nitriles is 1. The van der Waals surface area contributed by atoms with Crippen molar-refractivity contribution in [2.45, 2.75) is 38.0 Å². The van der Waals surface area contributed by atoms with Gasteiger partial charge >= 0.3 is 0 Å². The Hall–Kier alpha value is -2.86. The van der Waals surface area contributed by atoms with Crippen molar-refractivity contribution in [2.24, 2.45) is 5.92 Å². The van der Waals surface area contributed by atoms with Crippen LogP contribution in [0.15, 0.2) is 54.6 Å². The quantitative estimate of drug-likeness (QED) is 0.608. The van der Waals surface area contributed by atoms with Crippen LogP contribution >= 0.6 is 0 Å². The van der Waals surface area contributed by atoms with Gasteiger partial charge in [0.15, 0.2) is 0 Å². The molecule has 1 saturated carbocycles. The number of rotatable bonds is 6. The van der Waals surface area contributed by atoms with E-state index < -0.39 is 5.41 Å².